The summed E-state index contributed by atoms with van der Waals surface area (Å²) in [5.74, 6) is 2.29. The Morgan fingerprint density at radius 3 is 2.43 bits per heavy atom. The van der Waals surface area contributed by atoms with Crippen molar-refractivity contribution in [1.29, 1.82) is 5.26 Å². The standard InChI is InChI=1S/C11H18N2S/c12-9-11(5-7-14-8-6-11)13-10-3-1-2-4-10/h10,13H,1-8H2. The molecule has 1 aliphatic heterocycles. The summed E-state index contributed by atoms with van der Waals surface area (Å²) in [5.41, 5.74) is -0.180. The van der Waals surface area contributed by atoms with Crippen molar-refractivity contribution in [3.05, 3.63) is 0 Å². The largest absolute Gasteiger partial charge is 0.297 e. The highest BCUT2D eigenvalue weighted by Gasteiger charge is 2.34. The fourth-order valence-electron chi connectivity index (χ4n) is 2.47. The van der Waals surface area contributed by atoms with E-state index in [2.05, 4.69) is 11.4 Å². The average molecular weight is 210 g/mol. The van der Waals surface area contributed by atoms with Gasteiger partial charge in [0, 0.05) is 6.04 Å². The van der Waals surface area contributed by atoms with Crippen LogP contribution in [0.15, 0.2) is 0 Å². The van der Waals surface area contributed by atoms with Gasteiger partial charge in [0.1, 0.15) is 5.54 Å². The molecule has 1 saturated carbocycles. The van der Waals surface area contributed by atoms with Crippen molar-refractivity contribution in [1.82, 2.24) is 5.32 Å². The van der Waals surface area contributed by atoms with E-state index in [-0.39, 0.29) is 5.54 Å². The van der Waals surface area contributed by atoms with Gasteiger partial charge in [-0.2, -0.15) is 17.0 Å². The summed E-state index contributed by atoms with van der Waals surface area (Å²) in [5, 5.41) is 12.9. The van der Waals surface area contributed by atoms with Crippen LogP contribution in [0.25, 0.3) is 0 Å². The van der Waals surface area contributed by atoms with Gasteiger partial charge in [-0.1, -0.05) is 12.8 Å². The molecule has 0 bridgehead atoms. The van der Waals surface area contributed by atoms with Gasteiger partial charge < -0.3 is 0 Å². The van der Waals surface area contributed by atoms with E-state index in [1.165, 1.54) is 25.7 Å². The lowest BCUT2D eigenvalue weighted by Gasteiger charge is -2.34. The molecule has 2 nitrogen and oxygen atoms in total. The summed E-state index contributed by atoms with van der Waals surface area (Å²) in [6, 6.07) is 3.14. The van der Waals surface area contributed by atoms with Gasteiger partial charge in [0.15, 0.2) is 0 Å². The molecule has 0 atom stereocenters. The van der Waals surface area contributed by atoms with E-state index >= 15 is 0 Å². The highest BCUT2D eigenvalue weighted by atomic mass is 32.2. The molecule has 3 heteroatoms. The predicted molar refractivity (Wildman–Crippen MR) is 60.3 cm³/mol. The molecular formula is C11H18N2S. The molecule has 1 aliphatic carbocycles. The number of nitriles is 1. The van der Waals surface area contributed by atoms with Crippen LogP contribution in [0.3, 0.4) is 0 Å². The van der Waals surface area contributed by atoms with Gasteiger partial charge in [0.05, 0.1) is 6.07 Å². The Kier molecular flexibility index (Phi) is 3.35. The first-order chi connectivity index (χ1) is 6.85. The van der Waals surface area contributed by atoms with Crippen molar-refractivity contribution in [2.45, 2.75) is 50.1 Å². The number of thioether (sulfide) groups is 1. The molecular weight excluding hydrogens is 192 g/mol. The fourth-order valence-corrected chi connectivity index (χ4v) is 3.66. The molecule has 1 saturated heterocycles. The van der Waals surface area contributed by atoms with Gasteiger partial charge in [0.25, 0.3) is 0 Å². The Balaban J connectivity index is 1.93. The summed E-state index contributed by atoms with van der Waals surface area (Å²) >= 11 is 1.98. The lowest BCUT2D eigenvalue weighted by molar-refractivity contribution is 0.334. The third-order valence-corrected chi connectivity index (χ3v) is 4.38. The van der Waals surface area contributed by atoms with Crippen LogP contribution in [0.1, 0.15) is 38.5 Å². The zero-order chi connectivity index (χ0) is 9.86. The smallest absolute Gasteiger partial charge is 0.108 e. The van der Waals surface area contributed by atoms with Crippen LogP contribution in [0.5, 0.6) is 0 Å². The molecule has 0 radical (unpaired) electrons. The third-order valence-electron chi connectivity index (χ3n) is 3.40. The predicted octanol–water partition coefficient (Wildman–Crippen LogP) is 2.31. The summed E-state index contributed by atoms with van der Waals surface area (Å²) < 4.78 is 0. The minimum Gasteiger partial charge on any atom is -0.297 e. The first kappa shape index (κ1) is 10.3. The van der Waals surface area contributed by atoms with Gasteiger partial charge in [0.2, 0.25) is 0 Å². The van der Waals surface area contributed by atoms with E-state index in [9.17, 15) is 5.26 Å². The summed E-state index contributed by atoms with van der Waals surface area (Å²) in [6.45, 7) is 0. The van der Waals surface area contributed by atoms with E-state index < -0.39 is 0 Å². The lowest BCUT2D eigenvalue weighted by atomic mass is 9.92. The summed E-state index contributed by atoms with van der Waals surface area (Å²) in [7, 11) is 0. The highest BCUT2D eigenvalue weighted by molar-refractivity contribution is 7.99. The summed E-state index contributed by atoms with van der Waals surface area (Å²) in [4.78, 5) is 0. The number of hydrogen-bond acceptors (Lipinski definition) is 3. The zero-order valence-electron chi connectivity index (χ0n) is 8.59. The van der Waals surface area contributed by atoms with Crippen LogP contribution >= 0.6 is 11.8 Å². The fraction of sp³-hybridized carbons (Fsp3) is 0.909. The Morgan fingerprint density at radius 1 is 1.21 bits per heavy atom. The maximum atomic E-state index is 9.28. The van der Waals surface area contributed by atoms with Crippen molar-refractivity contribution in [3.8, 4) is 6.07 Å². The second-order valence-electron chi connectivity index (χ2n) is 4.43. The second-order valence-corrected chi connectivity index (χ2v) is 5.66. The van der Waals surface area contributed by atoms with Crippen molar-refractivity contribution < 1.29 is 0 Å². The molecule has 0 aromatic carbocycles. The molecule has 0 aromatic heterocycles. The van der Waals surface area contributed by atoms with Crippen LogP contribution in [-0.2, 0) is 0 Å². The van der Waals surface area contributed by atoms with Crippen LogP contribution in [0, 0.1) is 11.3 Å². The highest BCUT2D eigenvalue weighted by Crippen LogP contribution is 2.29. The number of nitrogens with one attached hydrogen (secondary N) is 1. The van der Waals surface area contributed by atoms with Gasteiger partial charge in [-0.05, 0) is 37.2 Å². The molecule has 2 aliphatic rings. The van der Waals surface area contributed by atoms with Gasteiger partial charge in [-0.15, -0.1) is 0 Å². The first-order valence-corrected chi connectivity index (χ1v) is 6.77. The van der Waals surface area contributed by atoms with E-state index in [1.807, 2.05) is 11.8 Å². The normalized spacial score (nSPS) is 27.4. The van der Waals surface area contributed by atoms with E-state index in [0.29, 0.717) is 6.04 Å². The molecule has 14 heavy (non-hydrogen) atoms. The van der Waals surface area contributed by atoms with Crippen LogP contribution in [-0.4, -0.2) is 23.1 Å². The maximum absolute atomic E-state index is 9.28. The van der Waals surface area contributed by atoms with E-state index in [4.69, 9.17) is 0 Å². The number of hydrogen-bond donors (Lipinski definition) is 1. The molecule has 2 rings (SSSR count). The second kappa shape index (κ2) is 4.55. The Labute approximate surface area is 90.4 Å². The average Bonchev–Trinajstić information content (AvgIpc) is 2.72. The minimum atomic E-state index is -0.180. The lowest BCUT2D eigenvalue weighted by Crippen LogP contribution is -2.50. The van der Waals surface area contributed by atoms with Crippen molar-refractivity contribution >= 4 is 11.8 Å². The minimum absolute atomic E-state index is 0.180. The van der Waals surface area contributed by atoms with E-state index in [1.54, 1.807) is 0 Å². The van der Waals surface area contributed by atoms with Crippen molar-refractivity contribution in [3.63, 3.8) is 0 Å². The third kappa shape index (κ3) is 2.24. The molecule has 78 valence electrons. The molecule has 0 aromatic rings. The maximum Gasteiger partial charge on any atom is 0.108 e. The molecule has 0 spiro atoms. The molecule has 0 amide bonds. The van der Waals surface area contributed by atoms with Crippen LogP contribution in [0.2, 0.25) is 0 Å². The molecule has 2 fully saturated rings. The Bertz CT molecular complexity index is 222. The van der Waals surface area contributed by atoms with E-state index in [0.717, 1.165) is 24.3 Å². The van der Waals surface area contributed by atoms with Gasteiger partial charge in [-0.25, -0.2) is 0 Å². The van der Waals surface area contributed by atoms with Gasteiger partial charge >= 0.3 is 0 Å². The molecule has 1 N–H and O–H groups in total. The SMILES string of the molecule is N#CC1(NC2CCCC2)CCSCC1. The topological polar surface area (TPSA) is 35.8 Å². The van der Waals surface area contributed by atoms with Crippen LogP contribution in [0.4, 0.5) is 0 Å². The first-order valence-electron chi connectivity index (χ1n) is 5.61. The van der Waals surface area contributed by atoms with Crippen molar-refractivity contribution in [2.24, 2.45) is 0 Å². The van der Waals surface area contributed by atoms with Gasteiger partial charge in [-0.3, -0.25) is 5.32 Å². The summed E-state index contributed by atoms with van der Waals surface area (Å²) in [6.07, 6.45) is 7.30. The van der Waals surface area contributed by atoms with Crippen molar-refractivity contribution in [2.75, 3.05) is 11.5 Å². The quantitative estimate of drug-likeness (QED) is 0.759. The molecule has 0 unspecified atom stereocenters. The van der Waals surface area contributed by atoms with Crippen LogP contribution < -0.4 is 5.32 Å². The zero-order valence-corrected chi connectivity index (χ0v) is 9.41. The Morgan fingerprint density at radius 2 is 1.86 bits per heavy atom. The Hall–Kier alpha value is -0.200. The number of nitrogens with zero attached hydrogens (tertiary/aromatic N) is 1. The monoisotopic (exact) mass is 210 g/mol. The number of rotatable bonds is 2. The molecule has 1 heterocycles.